The van der Waals surface area contributed by atoms with Gasteiger partial charge in [-0.15, -0.1) is 0 Å². The van der Waals surface area contributed by atoms with Crippen molar-refractivity contribution in [1.82, 2.24) is 5.32 Å². The summed E-state index contributed by atoms with van der Waals surface area (Å²) in [7, 11) is 1.62. The first-order chi connectivity index (χ1) is 12.2. The van der Waals surface area contributed by atoms with E-state index in [1.165, 1.54) is 0 Å². The van der Waals surface area contributed by atoms with E-state index in [4.69, 9.17) is 14.2 Å². The highest BCUT2D eigenvalue weighted by Gasteiger charge is 2.25. The first-order valence-corrected chi connectivity index (χ1v) is 8.50. The van der Waals surface area contributed by atoms with Crippen molar-refractivity contribution in [3.05, 3.63) is 59.2 Å². The molecular weight excluding hydrogens is 318 g/mol. The van der Waals surface area contributed by atoms with Gasteiger partial charge in [-0.2, -0.15) is 0 Å². The van der Waals surface area contributed by atoms with Crippen LogP contribution in [0, 0.1) is 0 Å². The summed E-state index contributed by atoms with van der Waals surface area (Å²) < 4.78 is 16.5. The Labute approximate surface area is 147 Å². The van der Waals surface area contributed by atoms with Gasteiger partial charge in [0.1, 0.15) is 11.5 Å². The summed E-state index contributed by atoms with van der Waals surface area (Å²) in [4.78, 5) is 12.8. The average molecular weight is 341 g/mol. The van der Waals surface area contributed by atoms with Crippen molar-refractivity contribution < 1.29 is 19.0 Å². The van der Waals surface area contributed by atoms with Crippen molar-refractivity contribution in [1.29, 1.82) is 0 Å². The van der Waals surface area contributed by atoms with E-state index < -0.39 is 0 Å². The minimum absolute atomic E-state index is 0.104. The van der Waals surface area contributed by atoms with Gasteiger partial charge in [-0.3, -0.25) is 4.79 Å². The van der Waals surface area contributed by atoms with Gasteiger partial charge < -0.3 is 19.5 Å². The maximum atomic E-state index is 12.8. The number of amides is 1. The molecule has 0 aromatic heterocycles. The van der Waals surface area contributed by atoms with E-state index in [2.05, 4.69) is 5.32 Å². The highest BCUT2D eigenvalue weighted by molar-refractivity contribution is 5.96. The standard InChI is InChI=1S/C20H23NO4/c1-3-24-15-8-9-19-17(12-15)18(10-11-25-19)21-20(22)16-7-5-4-6-14(16)13-23-2/h4-9,12,18H,3,10-11,13H2,1-2H3,(H,21,22). The zero-order valence-electron chi connectivity index (χ0n) is 14.6. The summed E-state index contributed by atoms with van der Waals surface area (Å²) in [5.74, 6) is 1.48. The summed E-state index contributed by atoms with van der Waals surface area (Å²) in [6.45, 7) is 3.52. The lowest BCUT2D eigenvalue weighted by Crippen LogP contribution is -2.32. The third kappa shape index (κ3) is 3.94. The van der Waals surface area contributed by atoms with Gasteiger partial charge >= 0.3 is 0 Å². The predicted molar refractivity (Wildman–Crippen MR) is 95.1 cm³/mol. The molecule has 3 rings (SSSR count). The number of rotatable bonds is 6. The number of fused-ring (bicyclic) bond motifs is 1. The number of carbonyl (C=O) groups excluding carboxylic acids is 1. The van der Waals surface area contributed by atoms with Crippen LogP contribution in [0.1, 0.15) is 40.9 Å². The van der Waals surface area contributed by atoms with Crippen molar-refractivity contribution in [2.45, 2.75) is 26.0 Å². The van der Waals surface area contributed by atoms with E-state index >= 15 is 0 Å². The molecule has 2 aromatic carbocycles. The molecule has 0 aliphatic carbocycles. The molecule has 132 valence electrons. The van der Waals surface area contributed by atoms with Crippen molar-refractivity contribution >= 4 is 5.91 Å². The van der Waals surface area contributed by atoms with Crippen molar-refractivity contribution in [2.75, 3.05) is 20.3 Å². The van der Waals surface area contributed by atoms with Crippen molar-refractivity contribution in [3.63, 3.8) is 0 Å². The first kappa shape index (κ1) is 17.3. The van der Waals surface area contributed by atoms with Gasteiger partial charge in [-0.1, -0.05) is 18.2 Å². The van der Waals surface area contributed by atoms with E-state index in [-0.39, 0.29) is 11.9 Å². The molecule has 5 heteroatoms. The van der Waals surface area contributed by atoms with Crippen LogP contribution in [0.2, 0.25) is 0 Å². The molecule has 1 N–H and O–H groups in total. The summed E-state index contributed by atoms with van der Waals surface area (Å²) in [6.07, 6.45) is 0.723. The van der Waals surface area contributed by atoms with Crippen LogP contribution in [0.4, 0.5) is 0 Å². The maximum Gasteiger partial charge on any atom is 0.252 e. The molecule has 1 amide bonds. The second-order valence-electron chi connectivity index (χ2n) is 5.89. The number of carbonyl (C=O) groups is 1. The zero-order chi connectivity index (χ0) is 17.6. The molecule has 0 spiro atoms. The zero-order valence-corrected chi connectivity index (χ0v) is 14.6. The Morgan fingerprint density at radius 2 is 2.12 bits per heavy atom. The molecule has 0 saturated carbocycles. The Balaban J connectivity index is 1.82. The third-order valence-corrected chi connectivity index (χ3v) is 4.20. The molecule has 1 atom stereocenters. The molecule has 0 radical (unpaired) electrons. The lowest BCUT2D eigenvalue weighted by atomic mass is 9.99. The van der Waals surface area contributed by atoms with E-state index in [1.54, 1.807) is 7.11 Å². The number of benzene rings is 2. The summed E-state index contributed by atoms with van der Waals surface area (Å²) in [5, 5.41) is 3.13. The highest BCUT2D eigenvalue weighted by Crippen LogP contribution is 2.35. The monoisotopic (exact) mass is 341 g/mol. The molecule has 25 heavy (non-hydrogen) atoms. The molecule has 1 unspecified atom stereocenters. The van der Waals surface area contributed by atoms with Crippen molar-refractivity contribution in [3.8, 4) is 11.5 Å². The minimum Gasteiger partial charge on any atom is -0.494 e. The van der Waals surface area contributed by atoms with E-state index in [1.807, 2.05) is 49.4 Å². The smallest absolute Gasteiger partial charge is 0.252 e. The van der Waals surface area contributed by atoms with Crippen molar-refractivity contribution in [2.24, 2.45) is 0 Å². The molecule has 1 aliphatic rings. The SMILES string of the molecule is CCOc1ccc2c(c1)C(NC(=O)c1ccccc1COC)CCO2. The van der Waals surface area contributed by atoms with Crippen LogP contribution in [-0.4, -0.2) is 26.2 Å². The first-order valence-electron chi connectivity index (χ1n) is 8.50. The topological polar surface area (TPSA) is 56.8 Å². The van der Waals surface area contributed by atoms with Gasteiger partial charge in [0.25, 0.3) is 5.91 Å². The van der Waals surface area contributed by atoms with Gasteiger partial charge in [0, 0.05) is 24.7 Å². The number of hydrogen-bond acceptors (Lipinski definition) is 4. The van der Waals surface area contributed by atoms with E-state index in [0.29, 0.717) is 25.4 Å². The van der Waals surface area contributed by atoms with Crippen LogP contribution in [0.25, 0.3) is 0 Å². The molecule has 0 saturated heterocycles. The summed E-state index contributed by atoms with van der Waals surface area (Å²) in [5.41, 5.74) is 2.46. The van der Waals surface area contributed by atoms with Crippen LogP contribution in [-0.2, 0) is 11.3 Å². The average Bonchev–Trinajstić information content (AvgIpc) is 2.63. The second kappa shape index (κ2) is 8.03. The van der Waals surface area contributed by atoms with Crippen LogP contribution < -0.4 is 14.8 Å². The van der Waals surface area contributed by atoms with Gasteiger partial charge in [-0.05, 0) is 36.8 Å². The fourth-order valence-corrected chi connectivity index (χ4v) is 3.04. The normalized spacial score (nSPS) is 15.8. The fraction of sp³-hybridized carbons (Fsp3) is 0.350. The number of hydrogen-bond donors (Lipinski definition) is 1. The molecular formula is C20H23NO4. The third-order valence-electron chi connectivity index (χ3n) is 4.20. The van der Waals surface area contributed by atoms with Crippen LogP contribution >= 0.6 is 0 Å². The Morgan fingerprint density at radius 3 is 2.92 bits per heavy atom. The van der Waals surface area contributed by atoms with Gasteiger partial charge in [0.05, 0.1) is 25.9 Å². The molecule has 5 nitrogen and oxygen atoms in total. The predicted octanol–water partition coefficient (Wildman–Crippen LogP) is 3.49. The quantitative estimate of drug-likeness (QED) is 0.874. The van der Waals surface area contributed by atoms with Gasteiger partial charge in [0.2, 0.25) is 0 Å². The minimum atomic E-state index is -0.104. The largest absolute Gasteiger partial charge is 0.494 e. The highest BCUT2D eigenvalue weighted by atomic mass is 16.5. The fourth-order valence-electron chi connectivity index (χ4n) is 3.04. The number of methoxy groups -OCH3 is 1. The second-order valence-corrected chi connectivity index (χ2v) is 5.89. The number of ether oxygens (including phenoxy) is 3. The van der Waals surface area contributed by atoms with Crippen LogP contribution in [0.3, 0.4) is 0 Å². The van der Waals surface area contributed by atoms with Crippen LogP contribution in [0.15, 0.2) is 42.5 Å². The lowest BCUT2D eigenvalue weighted by Gasteiger charge is -2.27. The van der Waals surface area contributed by atoms with E-state index in [0.717, 1.165) is 29.0 Å². The summed E-state index contributed by atoms with van der Waals surface area (Å²) in [6, 6.07) is 13.1. The molecule has 1 heterocycles. The lowest BCUT2D eigenvalue weighted by molar-refractivity contribution is 0.0919. The Bertz CT molecular complexity index is 744. The maximum absolute atomic E-state index is 12.8. The van der Waals surface area contributed by atoms with Crippen LogP contribution in [0.5, 0.6) is 11.5 Å². The van der Waals surface area contributed by atoms with Gasteiger partial charge in [-0.25, -0.2) is 0 Å². The Kier molecular flexibility index (Phi) is 5.56. The Morgan fingerprint density at radius 1 is 1.28 bits per heavy atom. The molecule has 1 aliphatic heterocycles. The van der Waals surface area contributed by atoms with E-state index in [9.17, 15) is 4.79 Å². The molecule has 0 bridgehead atoms. The molecule has 2 aromatic rings. The molecule has 0 fully saturated rings. The summed E-state index contributed by atoms with van der Waals surface area (Å²) >= 11 is 0. The number of nitrogens with one attached hydrogen (secondary N) is 1. The van der Waals surface area contributed by atoms with Gasteiger partial charge in [0.15, 0.2) is 0 Å². The Hall–Kier alpha value is -2.53.